The molecule has 6 nitrogen and oxygen atoms in total. The molecule has 0 amide bonds. The van der Waals surface area contributed by atoms with Crippen LogP contribution in [0.25, 0.3) is 0 Å². The first kappa shape index (κ1) is 11.6. The largest absolute Gasteiger partial charge is 0.407 e. The zero-order valence-electron chi connectivity index (χ0n) is 10.1. The number of thiazole rings is 1. The van der Waals surface area contributed by atoms with Crippen molar-refractivity contribution in [2.75, 3.05) is 5.32 Å². The first-order valence-electron chi connectivity index (χ1n) is 6.03. The summed E-state index contributed by atoms with van der Waals surface area (Å²) in [4.78, 5) is 4.24. The number of rotatable bonds is 6. The fraction of sp³-hybridized carbons (Fsp3) is 0.545. The van der Waals surface area contributed by atoms with E-state index in [4.69, 9.17) is 4.42 Å². The lowest BCUT2D eigenvalue weighted by Gasteiger charge is -2.07. The average molecular weight is 265 g/mol. The maximum Gasteiger partial charge on any atom is 0.316 e. The fourth-order valence-corrected chi connectivity index (χ4v) is 2.24. The summed E-state index contributed by atoms with van der Waals surface area (Å²) < 4.78 is 5.51. The smallest absolute Gasteiger partial charge is 0.316 e. The molecule has 2 aromatic rings. The highest BCUT2D eigenvalue weighted by molar-refractivity contribution is 7.09. The van der Waals surface area contributed by atoms with E-state index < -0.39 is 0 Å². The highest BCUT2D eigenvalue weighted by Gasteiger charge is 2.21. The van der Waals surface area contributed by atoms with Crippen molar-refractivity contribution in [3.8, 4) is 0 Å². The van der Waals surface area contributed by atoms with Gasteiger partial charge in [-0.25, -0.2) is 4.98 Å². The van der Waals surface area contributed by atoms with Crippen LogP contribution in [-0.4, -0.2) is 21.2 Å². The Bertz CT molecular complexity index is 493. The minimum atomic E-state index is 0.0784. The van der Waals surface area contributed by atoms with Crippen LogP contribution in [0.3, 0.4) is 0 Å². The highest BCUT2D eigenvalue weighted by atomic mass is 32.1. The Morgan fingerprint density at radius 1 is 1.50 bits per heavy atom. The van der Waals surface area contributed by atoms with Gasteiger partial charge in [-0.3, -0.25) is 0 Å². The van der Waals surface area contributed by atoms with E-state index in [0.717, 1.165) is 5.01 Å². The molecular weight excluding hydrogens is 250 g/mol. The molecule has 96 valence electrons. The van der Waals surface area contributed by atoms with Crippen LogP contribution < -0.4 is 10.6 Å². The molecule has 1 atom stereocenters. The predicted octanol–water partition coefficient (Wildman–Crippen LogP) is 1.95. The van der Waals surface area contributed by atoms with E-state index in [0.29, 0.717) is 24.5 Å². The predicted molar refractivity (Wildman–Crippen MR) is 68.3 cm³/mol. The number of hydrogen-bond acceptors (Lipinski definition) is 7. The minimum absolute atomic E-state index is 0.0784. The summed E-state index contributed by atoms with van der Waals surface area (Å²) in [5.41, 5.74) is 0. The third-order valence-electron chi connectivity index (χ3n) is 2.75. The van der Waals surface area contributed by atoms with Crippen molar-refractivity contribution in [2.24, 2.45) is 0 Å². The van der Waals surface area contributed by atoms with Gasteiger partial charge in [-0.15, -0.1) is 16.4 Å². The maximum absolute atomic E-state index is 5.51. The Balaban J connectivity index is 1.55. The van der Waals surface area contributed by atoms with Gasteiger partial charge < -0.3 is 15.1 Å². The Labute approximate surface area is 109 Å². The summed E-state index contributed by atoms with van der Waals surface area (Å²) in [6.45, 7) is 2.66. The van der Waals surface area contributed by atoms with Gasteiger partial charge in [-0.2, -0.15) is 0 Å². The van der Waals surface area contributed by atoms with Crippen LogP contribution in [-0.2, 0) is 6.54 Å². The van der Waals surface area contributed by atoms with Gasteiger partial charge in [-0.1, -0.05) is 5.10 Å². The van der Waals surface area contributed by atoms with Gasteiger partial charge >= 0.3 is 6.01 Å². The van der Waals surface area contributed by atoms with Crippen molar-refractivity contribution in [1.29, 1.82) is 0 Å². The molecule has 2 heterocycles. The summed E-state index contributed by atoms with van der Waals surface area (Å²) in [5.74, 6) is 0.621. The Kier molecular flexibility index (Phi) is 3.24. The highest BCUT2D eigenvalue weighted by Crippen LogP contribution is 2.21. The molecule has 1 saturated carbocycles. The molecule has 2 N–H and O–H groups in total. The molecule has 0 aromatic carbocycles. The van der Waals surface area contributed by atoms with Gasteiger partial charge in [-0.05, 0) is 19.8 Å². The first-order valence-corrected chi connectivity index (χ1v) is 6.91. The van der Waals surface area contributed by atoms with Gasteiger partial charge in [0.05, 0.1) is 12.6 Å². The van der Waals surface area contributed by atoms with Crippen LogP contribution >= 0.6 is 11.3 Å². The van der Waals surface area contributed by atoms with E-state index >= 15 is 0 Å². The second kappa shape index (κ2) is 5.03. The van der Waals surface area contributed by atoms with Crippen molar-refractivity contribution in [3.05, 3.63) is 22.5 Å². The van der Waals surface area contributed by atoms with E-state index in [-0.39, 0.29) is 6.04 Å². The summed E-state index contributed by atoms with van der Waals surface area (Å²) in [5, 5.41) is 17.4. The van der Waals surface area contributed by atoms with Gasteiger partial charge in [0.2, 0.25) is 5.89 Å². The molecule has 0 bridgehead atoms. The molecule has 0 saturated heterocycles. The van der Waals surface area contributed by atoms with E-state index in [1.807, 2.05) is 12.3 Å². The van der Waals surface area contributed by atoms with Crippen molar-refractivity contribution in [3.63, 3.8) is 0 Å². The normalized spacial score (nSPS) is 16.7. The lowest BCUT2D eigenvalue weighted by atomic mass is 10.4. The molecule has 18 heavy (non-hydrogen) atoms. The zero-order valence-corrected chi connectivity index (χ0v) is 10.9. The summed E-state index contributed by atoms with van der Waals surface area (Å²) >= 11 is 1.60. The first-order chi connectivity index (χ1) is 8.81. The van der Waals surface area contributed by atoms with Crippen LogP contribution in [0.4, 0.5) is 6.01 Å². The van der Waals surface area contributed by atoms with Crippen LogP contribution in [0.15, 0.2) is 16.0 Å². The Hall–Kier alpha value is -1.47. The molecule has 1 aliphatic rings. The number of nitrogens with one attached hydrogen (secondary N) is 2. The van der Waals surface area contributed by atoms with E-state index in [1.54, 1.807) is 17.5 Å². The Morgan fingerprint density at radius 3 is 3.11 bits per heavy atom. The summed E-state index contributed by atoms with van der Waals surface area (Å²) in [6.07, 6.45) is 4.29. The molecule has 3 rings (SSSR count). The number of aromatic nitrogens is 3. The van der Waals surface area contributed by atoms with Gasteiger partial charge in [0.25, 0.3) is 0 Å². The van der Waals surface area contributed by atoms with Crippen LogP contribution in [0.2, 0.25) is 0 Å². The van der Waals surface area contributed by atoms with Crippen LogP contribution in [0.5, 0.6) is 0 Å². The molecule has 0 aliphatic heterocycles. The third-order valence-corrected chi connectivity index (χ3v) is 3.71. The molecule has 1 fully saturated rings. The summed E-state index contributed by atoms with van der Waals surface area (Å²) in [7, 11) is 0. The van der Waals surface area contributed by atoms with Crippen molar-refractivity contribution < 1.29 is 4.42 Å². The van der Waals surface area contributed by atoms with Crippen molar-refractivity contribution in [2.45, 2.75) is 38.4 Å². The van der Waals surface area contributed by atoms with Gasteiger partial charge in [0.15, 0.2) is 0 Å². The van der Waals surface area contributed by atoms with Gasteiger partial charge in [0, 0.05) is 17.6 Å². The topological polar surface area (TPSA) is 75.9 Å². The zero-order chi connectivity index (χ0) is 12.4. The van der Waals surface area contributed by atoms with E-state index in [9.17, 15) is 0 Å². The average Bonchev–Trinajstić information content (AvgIpc) is 2.88. The quantitative estimate of drug-likeness (QED) is 0.831. The summed E-state index contributed by atoms with van der Waals surface area (Å²) in [6, 6.07) is 1.17. The van der Waals surface area contributed by atoms with Crippen molar-refractivity contribution >= 4 is 17.4 Å². The van der Waals surface area contributed by atoms with Crippen molar-refractivity contribution in [1.82, 2.24) is 20.5 Å². The second-order valence-electron chi connectivity index (χ2n) is 4.39. The molecule has 1 unspecified atom stereocenters. The maximum atomic E-state index is 5.51. The lowest BCUT2D eigenvalue weighted by Crippen LogP contribution is -2.15. The third kappa shape index (κ3) is 2.85. The molecule has 7 heteroatoms. The molecule has 1 aliphatic carbocycles. The minimum Gasteiger partial charge on any atom is -0.407 e. The fourth-order valence-electron chi connectivity index (χ4n) is 1.60. The van der Waals surface area contributed by atoms with Crippen LogP contribution in [0.1, 0.15) is 36.7 Å². The van der Waals surface area contributed by atoms with E-state index in [1.165, 1.54) is 12.8 Å². The molecular formula is C11H15N5OS. The number of hydrogen-bond donors (Lipinski definition) is 2. The lowest BCUT2D eigenvalue weighted by molar-refractivity contribution is 0.473. The second-order valence-corrected chi connectivity index (χ2v) is 5.32. The monoisotopic (exact) mass is 265 g/mol. The van der Waals surface area contributed by atoms with Crippen LogP contribution in [0, 0.1) is 0 Å². The van der Waals surface area contributed by atoms with Gasteiger partial charge in [0.1, 0.15) is 5.01 Å². The number of anilines is 1. The number of nitrogens with zero attached hydrogens (tertiary/aromatic N) is 3. The molecule has 0 radical (unpaired) electrons. The van der Waals surface area contributed by atoms with E-state index in [2.05, 4.69) is 25.8 Å². The standard InChI is InChI=1S/C11H15N5OS/c1-7(10-12-4-5-18-10)14-11-16-15-9(17-11)6-13-8-2-3-8/h4-5,7-8,13H,2-3,6H2,1H3,(H,14,16). The molecule has 2 aromatic heterocycles. The molecule has 0 spiro atoms. The Morgan fingerprint density at radius 2 is 2.39 bits per heavy atom. The SMILES string of the molecule is CC(Nc1nnc(CNC2CC2)o1)c1nccs1.